The highest BCUT2D eigenvalue weighted by molar-refractivity contribution is 9.10. The molecule has 0 aromatic heterocycles. The van der Waals surface area contributed by atoms with Gasteiger partial charge in [-0.15, -0.1) is 0 Å². The van der Waals surface area contributed by atoms with Crippen LogP contribution in [0, 0.1) is 11.3 Å². The molecule has 4 nitrogen and oxygen atoms in total. The van der Waals surface area contributed by atoms with Gasteiger partial charge in [0.1, 0.15) is 6.07 Å². The first-order chi connectivity index (χ1) is 7.04. The lowest BCUT2D eigenvalue weighted by Gasteiger charge is -2.09. The van der Waals surface area contributed by atoms with Gasteiger partial charge in [-0.2, -0.15) is 5.26 Å². The minimum absolute atomic E-state index is 0.315. The SMILES string of the molecule is C[C@H](N)C(=O)Nc1cc(Br)ccc1C#N. The Kier molecular flexibility index (Phi) is 3.83. The normalized spacial score (nSPS) is 11.6. The number of nitrogens with two attached hydrogens (primary N) is 1. The maximum absolute atomic E-state index is 11.3. The first-order valence-corrected chi connectivity index (χ1v) is 5.10. The fraction of sp³-hybridized carbons (Fsp3) is 0.200. The number of nitrogens with one attached hydrogen (secondary N) is 1. The van der Waals surface area contributed by atoms with Crippen molar-refractivity contribution in [1.29, 1.82) is 5.26 Å². The van der Waals surface area contributed by atoms with Gasteiger partial charge in [-0.05, 0) is 25.1 Å². The van der Waals surface area contributed by atoms with Gasteiger partial charge in [-0.3, -0.25) is 4.79 Å². The third kappa shape index (κ3) is 3.05. The molecule has 1 aromatic carbocycles. The number of hydrogen-bond donors (Lipinski definition) is 2. The lowest BCUT2D eigenvalue weighted by molar-refractivity contribution is -0.117. The van der Waals surface area contributed by atoms with E-state index in [0.29, 0.717) is 11.3 Å². The average Bonchev–Trinajstić information content (AvgIpc) is 2.18. The van der Waals surface area contributed by atoms with Crippen LogP contribution in [0.5, 0.6) is 0 Å². The van der Waals surface area contributed by atoms with Gasteiger partial charge in [0.25, 0.3) is 0 Å². The van der Waals surface area contributed by atoms with Crippen LogP contribution in [0.3, 0.4) is 0 Å². The van der Waals surface area contributed by atoms with Crippen molar-refractivity contribution in [3.63, 3.8) is 0 Å². The van der Waals surface area contributed by atoms with Crippen LogP contribution in [0.2, 0.25) is 0 Å². The summed E-state index contributed by atoms with van der Waals surface area (Å²) < 4.78 is 0.793. The second-order valence-corrected chi connectivity index (χ2v) is 4.00. The molecule has 1 rings (SSSR count). The van der Waals surface area contributed by atoms with Crippen LogP contribution < -0.4 is 11.1 Å². The van der Waals surface area contributed by atoms with Crippen molar-refractivity contribution in [2.45, 2.75) is 13.0 Å². The highest BCUT2D eigenvalue weighted by Crippen LogP contribution is 2.20. The summed E-state index contributed by atoms with van der Waals surface area (Å²) in [5, 5.41) is 11.4. The maximum Gasteiger partial charge on any atom is 0.241 e. The molecule has 0 aliphatic heterocycles. The molecule has 5 heteroatoms. The first kappa shape index (κ1) is 11.7. The second kappa shape index (κ2) is 4.91. The smallest absolute Gasteiger partial charge is 0.241 e. The topological polar surface area (TPSA) is 78.9 Å². The summed E-state index contributed by atoms with van der Waals surface area (Å²) >= 11 is 3.26. The van der Waals surface area contributed by atoms with Gasteiger partial charge in [-0.25, -0.2) is 0 Å². The molecule has 1 aromatic rings. The molecule has 78 valence electrons. The summed E-state index contributed by atoms with van der Waals surface area (Å²) in [4.78, 5) is 11.3. The standard InChI is InChI=1S/C10H10BrN3O/c1-6(13)10(15)14-9-4-8(11)3-2-7(9)5-12/h2-4,6H,13H2,1H3,(H,14,15)/t6-/m0/s1. The Labute approximate surface area is 96.2 Å². The van der Waals surface area contributed by atoms with Crippen LogP contribution >= 0.6 is 15.9 Å². The van der Waals surface area contributed by atoms with Crippen molar-refractivity contribution in [1.82, 2.24) is 0 Å². The van der Waals surface area contributed by atoms with Crippen molar-refractivity contribution in [2.75, 3.05) is 5.32 Å². The van der Waals surface area contributed by atoms with E-state index in [1.165, 1.54) is 0 Å². The van der Waals surface area contributed by atoms with E-state index in [0.717, 1.165) is 4.47 Å². The first-order valence-electron chi connectivity index (χ1n) is 4.30. The fourth-order valence-corrected chi connectivity index (χ4v) is 1.33. The third-order valence-electron chi connectivity index (χ3n) is 1.77. The van der Waals surface area contributed by atoms with E-state index in [1.807, 2.05) is 6.07 Å². The number of hydrogen-bond acceptors (Lipinski definition) is 3. The Balaban J connectivity index is 2.98. The molecule has 0 radical (unpaired) electrons. The lowest BCUT2D eigenvalue weighted by atomic mass is 10.2. The molecule has 0 saturated heterocycles. The number of nitriles is 1. The molecule has 0 unspecified atom stereocenters. The Morgan fingerprint density at radius 1 is 1.67 bits per heavy atom. The zero-order chi connectivity index (χ0) is 11.4. The van der Waals surface area contributed by atoms with Crippen molar-refractivity contribution in [3.8, 4) is 6.07 Å². The second-order valence-electron chi connectivity index (χ2n) is 3.08. The van der Waals surface area contributed by atoms with Gasteiger partial charge < -0.3 is 11.1 Å². The highest BCUT2D eigenvalue weighted by Gasteiger charge is 2.10. The minimum Gasteiger partial charge on any atom is -0.324 e. The van der Waals surface area contributed by atoms with Crippen LogP contribution in [0.15, 0.2) is 22.7 Å². The molecule has 3 N–H and O–H groups in total. The van der Waals surface area contributed by atoms with Crippen molar-refractivity contribution < 1.29 is 4.79 Å². The molecule has 0 aliphatic rings. The number of halogens is 1. The molecule has 15 heavy (non-hydrogen) atoms. The largest absolute Gasteiger partial charge is 0.324 e. The van der Waals surface area contributed by atoms with Crippen LogP contribution in [0.4, 0.5) is 5.69 Å². The van der Waals surface area contributed by atoms with Gasteiger partial charge >= 0.3 is 0 Å². The third-order valence-corrected chi connectivity index (χ3v) is 2.27. The van der Waals surface area contributed by atoms with Gasteiger partial charge in [-0.1, -0.05) is 15.9 Å². The molecule has 1 amide bonds. The summed E-state index contributed by atoms with van der Waals surface area (Å²) in [5.41, 5.74) is 6.28. The van der Waals surface area contributed by atoms with E-state index < -0.39 is 6.04 Å². The Morgan fingerprint density at radius 3 is 2.87 bits per heavy atom. The van der Waals surface area contributed by atoms with Gasteiger partial charge in [0, 0.05) is 4.47 Å². The molecule has 1 atom stereocenters. The van der Waals surface area contributed by atoms with E-state index in [1.54, 1.807) is 25.1 Å². The van der Waals surface area contributed by atoms with Crippen LogP contribution in [-0.2, 0) is 4.79 Å². The maximum atomic E-state index is 11.3. The van der Waals surface area contributed by atoms with Crippen LogP contribution in [-0.4, -0.2) is 11.9 Å². The minimum atomic E-state index is -0.601. The van der Waals surface area contributed by atoms with E-state index in [2.05, 4.69) is 21.2 Å². The molecular weight excluding hydrogens is 258 g/mol. The number of nitrogens with zero attached hydrogens (tertiary/aromatic N) is 1. The number of amides is 1. The van der Waals surface area contributed by atoms with E-state index in [4.69, 9.17) is 11.0 Å². The molecule has 0 saturated carbocycles. The Morgan fingerprint density at radius 2 is 2.33 bits per heavy atom. The fourth-order valence-electron chi connectivity index (χ4n) is 0.964. The van der Waals surface area contributed by atoms with Gasteiger partial charge in [0.2, 0.25) is 5.91 Å². The van der Waals surface area contributed by atoms with E-state index in [9.17, 15) is 4.79 Å². The predicted octanol–water partition coefficient (Wildman–Crippen LogP) is 1.61. The number of anilines is 1. The van der Waals surface area contributed by atoms with Crippen molar-refractivity contribution >= 4 is 27.5 Å². The average molecular weight is 268 g/mol. The summed E-state index contributed by atoms with van der Waals surface area (Å²) in [6, 6.07) is 6.42. The molecule has 0 aliphatic carbocycles. The number of carbonyl (C=O) groups excluding carboxylic acids is 1. The Hall–Kier alpha value is -1.38. The van der Waals surface area contributed by atoms with Crippen LogP contribution in [0.25, 0.3) is 0 Å². The quantitative estimate of drug-likeness (QED) is 0.855. The molecular formula is C10H10BrN3O. The lowest BCUT2D eigenvalue weighted by Crippen LogP contribution is -2.32. The van der Waals surface area contributed by atoms with Crippen molar-refractivity contribution in [2.24, 2.45) is 5.73 Å². The molecule has 0 bridgehead atoms. The molecule has 0 fully saturated rings. The van der Waals surface area contributed by atoms with Crippen molar-refractivity contribution in [3.05, 3.63) is 28.2 Å². The van der Waals surface area contributed by atoms with Crippen LogP contribution in [0.1, 0.15) is 12.5 Å². The Bertz CT molecular complexity index is 423. The highest BCUT2D eigenvalue weighted by atomic mass is 79.9. The summed E-state index contributed by atoms with van der Waals surface area (Å²) in [6.07, 6.45) is 0. The van der Waals surface area contributed by atoms with E-state index >= 15 is 0 Å². The summed E-state index contributed by atoms with van der Waals surface area (Å²) in [7, 11) is 0. The number of rotatable bonds is 2. The summed E-state index contributed by atoms with van der Waals surface area (Å²) in [5.74, 6) is -0.315. The van der Waals surface area contributed by atoms with Gasteiger partial charge in [0.15, 0.2) is 0 Å². The molecule has 0 spiro atoms. The molecule has 0 heterocycles. The monoisotopic (exact) mass is 267 g/mol. The number of carbonyl (C=O) groups is 1. The van der Waals surface area contributed by atoms with Gasteiger partial charge in [0.05, 0.1) is 17.3 Å². The van der Waals surface area contributed by atoms with E-state index in [-0.39, 0.29) is 5.91 Å². The number of benzene rings is 1. The zero-order valence-electron chi connectivity index (χ0n) is 8.12. The predicted molar refractivity (Wildman–Crippen MR) is 61.1 cm³/mol. The summed E-state index contributed by atoms with van der Waals surface area (Å²) in [6.45, 7) is 1.58. The zero-order valence-corrected chi connectivity index (χ0v) is 9.71.